The van der Waals surface area contributed by atoms with Crippen LogP contribution in [-0.4, -0.2) is 0 Å². The van der Waals surface area contributed by atoms with Crippen molar-refractivity contribution < 1.29 is 0 Å². The van der Waals surface area contributed by atoms with Gasteiger partial charge in [-0.25, -0.2) is 0 Å². The summed E-state index contributed by atoms with van der Waals surface area (Å²) in [4.78, 5) is 0. The van der Waals surface area contributed by atoms with Crippen LogP contribution in [0.4, 0.5) is 0 Å². The maximum atomic E-state index is 2.42. The third-order valence-corrected chi connectivity index (χ3v) is 5.10. The molecule has 0 aromatic heterocycles. The van der Waals surface area contributed by atoms with Crippen LogP contribution in [0.15, 0.2) is 35.9 Å². The summed E-state index contributed by atoms with van der Waals surface area (Å²) in [5, 5.41) is 0. The van der Waals surface area contributed by atoms with Gasteiger partial charge in [-0.05, 0) is 71.0 Å². The van der Waals surface area contributed by atoms with Gasteiger partial charge in [0.15, 0.2) is 0 Å². The largest absolute Gasteiger partial charge is 0.0683 e. The second kappa shape index (κ2) is 5.67. The van der Waals surface area contributed by atoms with Crippen LogP contribution in [0, 0.1) is 6.92 Å². The van der Waals surface area contributed by atoms with Crippen molar-refractivity contribution in [3.05, 3.63) is 63.7 Å². The van der Waals surface area contributed by atoms with E-state index in [9.17, 15) is 0 Å². The van der Waals surface area contributed by atoms with Crippen LogP contribution < -0.4 is 0 Å². The summed E-state index contributed by atoms with van der Waals surface area (Å²) in [6.45, 7) is 13.6. The zero-order valence-corrected chi connectivity index (χ0v) is 15.4. The molecular weight excluding hydrogens is 276 g/mol. The van der Waals surface area contributed by atoms with Gasteiger partial charge >= 0.3 is 0 Å². The highest BCUT2D eigenvalue weighted by Crippen LogP contribution is 2.39. The SMILES string of the molecule is CCc1cc2c(c(-c3ccc(C(C)(C)C)cc3)c1C)C=C(C)C2. The summed E-state index contributed by atoms with van der Waals surface area (Å²) in [6, 6.07) is 11.6. The molecule has 0 heterocycles. The van der Waals surface area contributed by atoms with Gasteiger partial charge in [0, 0.05) is 0 Å². The molecule has 0 N–H and O–H groups in total. The van der Waals surface area contributed by atoms with E-state index >= 15 is 0 Å². The molecule has 0 spiro atoms. The molecule has 0 radical (unpaired) electrons. The molecule has 1 aliphatic carbocycles. The highest BCUT2D eigenvalue weighted by atomic mass is 14.2. The summed E-state index contributed by atoms with van der Waals surface area (Å²) in [5.74, 6) is 0. The van der Waals surface area contributed by atoms with Gasteiger partial charge in [0.2, 0.25) is 0 Å². The fourth-order valence-electron chi connectivity index (χ4n) is 3.70. The van der Waals surface area contributed by atoms with Crippen LogP contribution in [0.3, 0.4) is 0 Å². The lowest BCUT2D eigenvalue weighted by atomic mass is 9.84. The van der Waals surface area contributed by atoms with E-state index in [1.54, 1.807) is 0 Å². The smallest absolute Gasteiger partial charge is 0.00603 e. The quantitative estimate of drug-likeness (QED) is 0.595. The Hall–Kier alpha value is -1.82. The van der Waals surface area contributed by atoms with E-state index in [1.165, 1.54) is 44.5 Å². The fraction of sp³-hybridized carbons (Fsp3) is 0.391. The molecule has 0 saturated heterocycles. The van der Waals surface area contributed by atoms with Gasteiger partial charge in [0.1, 0.15) is 0 Å². The van der Waals surface area contributed by atoms with Crippen LogP contribution >= 0.6 is 0 Å². The van der Waals surface area contributed by atoms with E-state index < -0.39 is 0 Å². The van der Waals surface area contributed by atoms with Crippen molar-refractivity contribution in [3.8, 4) is 11.1 Å². The molecule has 0 heteroatoms. The Labute approximate surface area is 141 Å². The van der Waals surface area contributed by atoms with Gasteiger partial charge in [0.25, 0.3) is 0 Å². The molecule has 23 heavy (non-hydrogen) atoms. The average molecular weight is 304 g/mol. The lowest BCUT2D eigenvalue weighted by Gasteiger charge is -2.20. The van der Waals surface area contributed by atoms with Gasteiger partial charge in [-0.15, -0.1) is 0 Å². The Balaban J connectivity index is 2.18. The lowest BCUT2D eigenvalue weighted by molar-refractivity contribution is 0.590. The minimum absolute atomic E-state index is 0.206. The predicted molar refractivity (Wildman–Crippen MR) is 102 cm³/mol. The number of hydrogen-bond donors (Lipinski definition) is 0. The Morgan fingerprint density at radius 2 is 1.65 bits per heavy atom. The first-order chi connectivity index (χ1) is 10.8. The highest BCUT2D eigenvalue weighted by molar-refractivity contribution is 5.84. The lowest BCUT2D eigenvalue weighted by Crippen LogP contribution is -2.10. The van der Waals surface area contributed by atoms with E-state index in [0.29, 0.717) is 0 Å². The van der Waals surface area contributed by atoms with Gasteiger partial charge in [-0.3, -0.25) is 0 Å². The van der Waals surface area contributed by atoms with Gasteiger partial charge in [0.05, 0.1) is 0 Å². The minimum atomic E-state index is 0.206. The average Bonchev–Trinajstić information content (AvgIpc) is 2.85. The molecule has 0 atom stereocenters. The molecule has 2 aromatic rings. The van der Waals surface area contributed by atoms with Crippen LogP contribution in [0.1, 0.15) is 62.4 Å². The van der Waals surface area contributed by atoms with Crippen LogP contribution in [-0.2, 0) is 18.3 Å². The molecule has 0 nitrogen and oxygen atoms in total. The van der Waals surface area contributed by atoms with Crippen molar-refractivity contribution in [2.24, 2.45) is 0 Å². The van der Waals surface area contributed by atoms with Gasteiger partial charge in [-0.2, -0.15) is 0 Å². The second-order valence-electron chi connectivity index (χ2n) is 7.96. The van der Waals surface area contributed by atoms with Gasteiger partial charge in [-0.1, -0.05) is 69.7 Å². The number of rotatable bonds is 2. The Kier molecular flexibility index (Phi) is 3.96. The molecule has 2 aromatic carbocycles. The molecule has 0 aliphatic heterocycles. The van der Waals surface area contributed by atoms with Crippen molar-refractivity contribution >= 4 is 6.08 Å². The summed E-state index contributed by atoms with van der Waals surface area (Å²) in [5.41, 5.74) is 11.7. The fourth-order valence-corrected chi connectivity index (χ4v) is 3.70. The Bertz CT molecular complexity index is 765. The summed E-state index contributed by atoms with van der Waals surface area (Å²) in [7, 11) is 0. The molecule has 1 aliphatic rings. The number of benzene rings is 2. The van der Waals surface area contributed by atoms with Crippen molar-refractivity contribution in [1.29, 1.82) is 0 Å². The van der Waals surface area contributed by atoms with Crippen molar-refractivity contribution in [2.75, 3.05) is 0 Å². The Morgan fingerprint density at radius 3 is 2.22 bits per heavy atom. The van der Waals surface area contributed by atoms with Crippen LogP contribution in [0.25, 0.3) is 17.2 Å². The maximum Gasteiger partial charge on any atom is -0.00603 e. The molecule has 0 amide bonds. The van der Waals surface area contributed by atoms with E-state index in [4.69, 9.17) is 0 Å². The normalized spacial score (nSPS) is 13.9. The number of hydrogen-bond acceptors (Lipinski definition) is 0. The first kappa shape index (κ1) is 16.1. The third kappa shape index (κ3) is 2.87. The molecule has 0 unspecified atom stereocenters. The number of aryl methyl sites for hydroxylation is 1. The summed E-state index contributed by atoms with van der Waals surface area (Å²) in [6.07, 6.45) is 4.59. The summed E-state index contributed by atoms with van der Waals surface area (Å²) >= 11 is 0. The predicted octanol–water partition coefficient (Wildman–Crippen LogP) is 6.48. The maximum absolute atomic E-state index is 2.42. The standard InChI is InChI=1S/C23H28/c1-7-17-14-19-12-15(2)13-21(19)22(16(17)3)18-8-10-20(11-9-18)23(4,5)6/h8-11,13-14H,7,12H2,1-6H3. The first-order valence-corrected chi connectivity index (χ1v) is 8.74. The summed E-state index contributed by atoms with van der Waals surface area (Å²) < 4.78 is 0. The van der Waals surface area contributed by atoms with Crippen LogP contribution in [0.5, 0.6) is 0 Å². The van der Waals surface area contributed by atoms with Crippen molar-refractivity contribution in [2.45, 2.75) is 59.8 Å². The monoisotopic (exact) mass is 304 g/mol. The van der Waals surface area contributed by atoms with Crippen LogP contribution in [0.2, 0.25) is 0 Å². The highest BCUT2D eigenvalue weighted by Gasteiger charge is 2.20. The zero-order valence-electron chi connectivity index (χ0n) is 15.4. The molecule has 0 fully saturated rings. The first-order valence-electron chi connectivity index (χ1n) is 8.74. The number of allylic oxidation sites excluding steroid dienone is 1. The topological polar surface area (TPSA) is 0 Å². The van der Waals surface area contributed by atoms with Crippen molar-refractivity contribution in [1.82, 2.24) is 0 Å². The minimum Gasteiger partial charge on any atom is -0.0683 e. The van der Waals surface area contributed by atoms with E-state index in [1.807, 2.05) is 0 Å². The molecular formula is C23H28. The molecule has 0 bridgehead atoms. The van der Waals surface area contributed by atoms with E-state index in [2.05, 4.69) is 78.0 Å². The molecule has 3 rings (SSSR count). The third-order valence-electron chi connectivity index (χ3n) is 5.10. The van der Waals surface area contributed by atoms with E-state index in [0.717, 1.165) is 12.8 Å². The molecule has 120 valence electrons. The zero-order chi connectivity index (χ0) is 16.8. The molecule has 0 saturated carbocycles. The number of fused-ring (bicyclic) bond motifs is 1. The second-order valence-corrected chi connectivity index (χ2v) is 7.96. The van der Waals surface area contributed by atoms with Crippen molar-refractivity contribution in [3.63, 3.8) is 0 Å². The Morgan fingerprint density at radius 1 is 1.00 bits per heavy atom. The van der Waals surface area contributed by atoms with E-state index in [-0.39, 0.29) is 5.41 Å². The van der Waals surface area contributed by atoms with Gasteiger partial charge < -0.3 is 0 Å².